The van der Waals surface area contributed by atoms with E-state index < -0.39 is 0 Å². The fourth-order valence-electron chi connectivity index (χ4n) is 3.29. The molecule has 0 unspecified atom stereocenters. The summed E-state index contributed by atoms with van der Waals surface area (Å²) < 4.78 is 2.28. The Morgan fingerprint density at radius 2 is 1.14 bits per heavy atom. The van der Waals surface area contributed by atoms with Crippen LogP contribution in [-0.4, -0.2) is 5.11 Å². The minimum absolute atomic E-state index is 0. The number of aryl methyl sites for hydroxylation is 1. The summed E-state index contributed by atoms with van der Waals surface area (Å²) in [5.74, 6) is 0.305. The number of benzene rings is 1. The highest BCUT2D eigenvalue weighted by atomic mass is 79.9. The van der Waals surface area contributed by atoms with Crippen molar-refractivity contribution in [3.8, 4) is 5.75 Å². The van der Waals surface area contributed by atoms with E-state index in [9.17, 15) is 5.11 Å². The molecule has 0 saturated carbocycles. The molecule has 2 aromatic rings. The molecule has 0 atom stereocenters. The van der Waals surface area contributed by atoms with E-state index in [0.717, 1.165) is 12.1 Å². The summed E-state index contributed by atoms with van der Waals surface area (Å²) in [6.07, 6.45) is 22.3. The molecule has 0 bridgehead atoms. The molecule has 0 amide bonds. The van der Waals surface area contributed by atoms with Gasteiger partial charge in [0.05, 0.1) is 0 Å². The van der Waals surface area contributed by atoms with Gasteiger partial charge >= 0.3 is 0 Å². The standard InChI is InChI=1S/C25H35NO.BrH/c1-2-3-4-5-6-7-8-9-10-11-20-26-21-18-24(19-22-26)13-12-23-14-16-25(27)17-15-23;/h12-19,21-22H,2-11,20H2,1H3;1H. The zero-order chi connectivity index (χ0) is 19.2. The number of unbranched alkanes of at least 4 members (excludes halogenated alkanes) is 9. The first-order valence-electron chi connectivity index (χ1n) is 10.7. The lowest BCUT2D eigenvalue weighted by atomic mass is 10.1. The van der Waals surface area contributed by atoms with Gasteiger partial charge in [-0.05, 0) is 29.7 Å². The normalized spacial score (nSPS) is 10.9. The molecule has 0 saturated heterocycles. The third kappa shape index (κ3) is 10.7. The lowest BCUT2D eigenvalue weighted by Gasteiger charge is -2.01. The zero-order valence-electron chi connectivity index (χ0n) is 17.3. The van der Waals surface area contributed by atoms with E-state index in [1.807, 2.05) is 12.1 Å². The Balaban J connectivity index is 0.00000392. The number of nitrogens with zero attached hydrogens (tertiary/aromatic N) is 1. The van der Waals surface area contributed by atoms with Gasteiger partial charge in [0.1, 0.15) is 12.3 Å². The average Bonchev–Trinajstić information content (AvgIpc) is 2.70. The van der Waals surface area contributed by atoms with E-state index in [0.29, 0.717) is 5.75 Å². The number of pyridine rings is 1. The Morgan fingerprint density at radius 1 is 0.679 bits per heavy atom. The Bertz CT molecular complexity index is 649. The first-order valence-corrected chi connectivity index (χ1v) is 10.7. The van der Waals surface area contributed by atoms with Crippen molar-refractivity contribution in [3.63, 3.8) is 0 Å². The highest BCUT2D eigenvalue weighted by molar-refractivity contribution is 5.69. The lowest BCUT2D eigenvalue weighted by Crippen LogP contribution is -3.00. The fraction of sp³-hybridized carbons (Fsp3) is 0.480. The van der Waals surface area contributed by atoms with Crippen LogP contribution in [0.25, 0.3) is 12.2 Å². The molecule has 0 spiro atoms. The van der Waals surface area contributed by atoms with Gasteiger partial charge in [-0.1, -0.05) is 82.6 Å². The quantitative estimate of drug-likeness (QED) is 0.368. The second-order valence-electron chi connectivity index (χ2n) is 7.48. The van der Waals surface area contributed by atoms with Gasteiger partial charge in [0.15, 0.2) is 12.4 Å². The summed E-state index contributed by atoms with van der Waals surface area (Å²) in [5, 5.41) is 9.32. The van der Waals surface area contributed by atoms with Crippen LogP contribution in [0, 0.1) is 0 Å². The fourth-order valence-corrected chi connectivity index (χ4v) is 3.29. The summed E-state index contributed by atoms with van der Waals surface area (Å²) >= 11 is 0. The van der Waals surface area contributed by atoms with Crippen LogP contribution in [0.4, 0.5) is 0 Å². The third-order valence-corrected chi connectivity index (χ3v) is 5.05. The first-order chi connectivity index (χ1) is 13.3. The van der Waals surface area contributed by atoms with Crippen molar-refractivity contribution in [1.29, 1.82) is 0 Å². The topological polar surface area (TPSA) is 24.1 Å². The summed E-state index contributed by atoms with van der Waals surface area (Å²) in [4.78, 5) is 0. The number of phenolic OH excluding ortho intramolecular Hbond substituents is 1. The Kier molecular flexibility index (Phi) is 13.4. The van der Waals surface area contributed by atoms with Crippen molar-refractivity contribution < 1.29 is 26.7 Å². The minimum Gasteiger partial charge on any atom is -1.00 e. The van der Waals surface area contributed by atoms with Crippen molar-refractivity contribution in [3.05, 3.63) is 59.9 Å². The average molecular weight is 446 g/mol. The predicted molar refractivity (Wildman–Crippen MR) is 116 cm³/mol. The molecule has 1 N–H and O–H groups in total. The number of rotatable bonds is 13. The molecule has 1 aromatic heterocycles. The molecule has 3 heteroatoms. The van der Waals surface area contributed by atoms with Crippen molar-refractivity contribution in [2.24, 2.45) is 0 Å². The smallest absolute Gasteiger partial charge is 0.169 e. The maximum absolute atomic E-state index is 9.32. The molecule has 0 aliphatic carbocycles. The van der Waals surface area contributed by atoms with E-state index in [2.05, 4.69) is 48.2 Å². The van der Waals surface area contributed by atoms with Gasteiger partial charge in [-0.2, -0.15) is 0 Å². The van der Waals surface area contributed by atoms with Crippen molar-refractivity contribution in [2.45, 2.75) is 77.7 Å². The van der Waals surface area contributed by atoms with Crippen molar-refractivity contribution >= 4 is 12.2 Å². The highest BCUT2D eigenvalue weighted by Gasteiger charge is 2.00. The van der Waals surface area contributed by atoms with Crippen LogP contribution in [0.5, 0.6) is 5.75 Å². The maximum atomic E-state index is 9.32. The van der Waals surface area contributed by atoms with Gasteiger partial charge in [0, 0.05) is 18.6 Å². The first kappa shape index (κ1) is 24.4. The molecule has 0 fully saturated rings. The number of aromatic hydroxyl groups is 1. The predicted octanol–water partition coefficient (Wildman–Crippen LogP) is 3.78. The summed E-state index contributed by atoms with van der Waals surface area (Å²) in [5.41, 5.74) is 2.29. The second kappa shape index (κ2) is 15.3. The maximum Gasteiger partial charge on any atom is 0.169 e. The number of phenols is 1. The minimum atomic E-state index is 0. The third-order valence-electron chi connectivity index (χ3n) is 5.05. The Hall–Kier alpha value is -1.61. The van der Waals surface area contributed by atoms with Gasteiger partial charge in [-0.15, -0.1) is 0 Å². The number of hydrogen-bond acceptors (Lipinski definition) is 1. The van der Waals surface area contributed by atoms with E-state index >= 15 is 0 Å². The summed E-state index contributed by atoms with van der Waals surface area (Å²) in [7, 11) is 0. The number of aromatic nitrogens is 1. The van der Waals surface area contributed by atoms with Crippen LogP contribution in [0.3, 0.4) is 0 Å². The summed E-state index contributed by atoms with van der Waals surface area (Å²) in [6.45, 7) is 3.39. The summed E-state index contributed by atoms with van der Waals surface area (Å²) in [6, 6.07) is 11.6. The van der Waals surface area contributed by atoms with Crippen LogP contribution in [0.1, 0.15) is 82.3 Å². The Morgan fingerprint density at radius 3 is 1.68 bits per heavy atom. The van der Waals surface area contributed by atoms with Crippen molar-refractivity contribution in [1.82, 2.24) is 0 Å². The molecular weight excluding hydrogens is 410 g/mol. The molecule has 0 aliphatic rings. The molecule has 1 heterocycles. The van der Waals surface area contributed by atoms with E-state index in [-0.39, 0.29) is 17.0 Å². The van der Waals surface area contributed by atoms with Crippen LogP contribution >= 0.6 is 0 Å². The van der Waals surface area contributed by atoms with Crippen molar-refractivity contribution in [2.75, 3.05) is 0 Å². The van der Waals surface area contributed by atoms with Crippen LogP contribution < -0.4 is 21.5 Å². The van der Waals surface area contributed by atoms with E-state index in [4.69, 9.17) is 0 Å². The monoisotopic (exact) mass is 445 g/mol. The van der Waals surface area contributed by atoms with Crippen LogP contribution in [0.2, 0.25) is 0 Å². The molecule has 154 valence electrons. The van der Waals surface area contributed by atoms with Gasteiger partial charge in [-0.3, -0.25) is 0 Å². The molecule has 0 radical (unpaired) electrons. The highest BCUT2D eigenvalue weighted by Crippen LogP contribution is 2.13. The molecule has 2 nitrogen and oxygen atoms in total. The second-order valence-corrected chi connectivity index (χ2v) is 7.48. The number of hydrogen-bond donors (Lipinski definition) is 1. The zero-order valence-corrected chi connectivity index (χ0v) is 18.9. The van der Waals surface area contributed by atoms with Gasteiger partial charge < -0.3 is 22.1 Å². The van der Waals surface area contributed by atoms with Crippen LogP contribution in [0.15, 0.2) is 48.8 Å². The van der Waals surface area contributed by atoms with Gasteiger partial charge in [0.2, 0.25) is 0 Å². The molecule has 1 aromatic carbocycles. The van der Waals surface area contributed by atoms with E-state index in [1.54, 1.807) is 12.1 Å². The van der Waals surface area contributed by atoms with Gasteiger partial charge in [0.25, 0.3) is 0 Å². The molecule has 0 aliphatic heterocycles. The van der Waals surface area contributed by atoms with E-state index in [1.165, 1.54) is 69.8 Å². The SMILES string of the molecule is CCCCCCCCCCCC[n+]1ccc(/C=C/c2ccc(O)cc2)cc1.[Br-]. The van der Waals surface area contributed by atoms with Crippen LogP contribution in [-0.2, 0) is 6.54 Å². The largest absolute Gasteiger partial charge is 1.00 e. The lowest BCUT2D eigenvalue weighted by molar-refractivity contribution is -0.697. The number of halogens is 1. The molecule has 2 rings (SSSR count). The Labute approximate surface area is 182 Å². The van der Waals surface area contributed by atoms with Gasteiger partial charge in [-0.25, -0.2) is 4.57 Å². The molecule has 28 heavy (non-hydrogen) atoms. The molecular formula is C25H36BrNO.